The minimum atomic E-state index is 0. The van der Waals surface area contributed by atoms with Gasteiger partial charge in [0.15, 0.2) is 17.5 Å². The molecule has 176 valence electrons. The molecule has 1 saturated heterocycles. The normalized spacial score (nSPS) is 13.5. The van der Waals surface area contributed by atoms with Crippen LogP contribution in [0.15, 0.2) is 41.5 Å². The van der Waals surface area contributed by atoms with Crippen LogP contribution in [0.4, 0.5) is 5.82 Å². The zero-order valence-corrected chi connectivity index (χ0v) is 22.0. The number of aromatic nitrogens is 1. The molecule has 7 nitrogen and oxygen atoms in total. The molecule has 1 aromatic heterocycles. The SMILES string of the molecule is CCNC(=NCc1ccnc(N2CCCC2)c1)N(C)CCc1ccc(OC)c(OC)c1.I. The number of likely N-dealkylation sites (N-methyl/N-ethyl adjacent to an activating group) is 1. The van der Waals surface area contributed by atoms with Crippen molar-refractivity contribution in [1.29, 1.82) is 0 Å². The summed E-state index contributed by atoms with van der Waals surface area (Å²) in [5.74, 6) is 3.48. The lowest BCUT2D eigenvalue weighted by atomic mass is 10.1. The van der Waals surface area contributed by atoms with E-state index in [-0.39, 0.29) is 24.0 Å². The fourth-order valence-corrected chi connectivity index (χ4v) is 3.75. The van der Waals surface area contributed by atoms with Crippen molar-refractivity contribution < 1.29 is 9.47 Å². The molecule has 0 bridgehead atoms. The number of anilines is 1. The zero-order chi connectivity index (χ0) is 22.1. The van der Waals surface area contributed by atoms with Gasteiger partial charge in [-0.05, 0) is 61.6 Å². The van der Waals surface area contributed by atoms with E-state index >= 15 is 0 Å². The molecule has 1 fully saturated rings. The quantitative estimate of drug-likeness (QED) is 0.288. The third kappa shape index (κ3) is 7.15. The van der Waals surface area contributed by atoms with Crippen LogP contribution in [-0.2, 0) is 13.0 Å². The number of benzene rings is 1. The van der Waals surface area contributed by atoms with Crippen molar-refractivity contribution in [2.24, 2.45) is 4.99 Å². The first-order valence-electron chi connectivity index (χ1n) is 11.0. The van der Waals surface area contributed by atoms with Crippen molar-refractivity contribution >= 4 is 35.8 Å². The van der Waals surface area contributed by atoms with Crippen LogP contribution < -0.4 is 19.7 Å². The van der Waals surface area contributed by atoms with E-state index in [0.717, 1.165) is 55.9 Å². The van der Waals surface area contributed by atoms with Crippen molar-refractivity contribution in [1.82, 2.24) is 15.2 Å². The number of methoxy groups -OCH3 is 2. The van der Waals surface area contributed by atoms with E-state index in [0.29, 0.717) is 6.54 Å². The Morgan fingerprint density at radius 3 is 2.53 bits per heavy atom. The monoisotopic (exact) mass is 553 g/mol. The first kappa shape index (κ1) is 26.0. The highest BCUT2D eigenvalue weighted by molar-refractivity contribution is 14.0. The van der Waals surface area contributed by atoms with Gasteiger partial charge in [0, 0.05) is 39.4 Å². The van der Waals surface area contributed by atoms with Gasteiger partial charge in [0.2, 0.25) is 0 Å². The lowest BCUT2D eigenvalue weighted by molar-refractivity contribution is 0.354. The van der Waals surface area contributed by atoms with Gasteiger partial charge in [-0.15, -0.1) is 24.0 Å². The summed E-state index contributed by atoms with van der Waals surface area (Å²) in [6, 6.07) is 10.3. The molecule has 2 heterocycles. The summed E-state index contributed by atoms with van der Waals surface area (Å²) >= 11 is 0. The molecule has 0 atom stereocenters. The summed E-state index contributed by atoms with van der Waals surface area (Å²) in [6.45, 7) is 6.59. The van der Waals surface area contributed by atoms with E-state index < -0.39 is 0 Å². The van der Waals surface area contributed by atoms with Crippen LogP contribution in [0.3, 0.4) is 0 Å². The summed E-state index contributed by atoms with van der Waals surface area (Å²) in [5.41, 5.74) is 2.38. The molecule has 0 amide bonds. The highest BCUT2D eigenvalue weighted by Gasteiger charge is 2.14. The van der Waals surface area contributed by atoms with Crippen LogP contribution in [0, 0.1) is 0 Å². The van der Waals surface area contributed by atoms with Gasteiger partial charge in [0.05, 0.1) is 20.8 Å². The number of halogens is 1. The van der Waals surface area contributed by atoms with Crippen LogP contribution in [0.2, 0.25) is 0 Å². The third-order valence-corrected chi connectivity index (χ3v) is 5.53. The number of guanidine groups is 1. The topological polar surface area (TPSA) is 62.2 Å². The molecule has 8 heteroatoms. The Morgan fingerprint density at radius 2 is 1.84 bits per heavy atom. The van der Waals surface area contributed by atoms with E-state index in [4.69, 9.17) is 14.5 Å². The third-order valence-electron chi connectivity index (χ3n) is 5.53. The van der Waals surface area contributed by atoms with Crippen LogP contribution in [0.5, 0.6) is 11.5 Å². The van der Waals surface area contributed by atoms with E-state index in [2.05, 4.69) is 52.3 Å². The Hall–Kier alpha value is -2.23. The second-order valence-corrected chi connectivity index (χ2v) is 7.75. The molecule has 0 spiro atoms. The predicted octanol–water partition coefficient (Wildman–Crippen LogP) is 3.96. The van der Waals surface area contributed by atoms with E-state index in [9.17, 15) is 0 Å². The van der Waals surface area contributed by atoms with Gasteiger partial charge < -0.3 is 24.6 Å². The van der Waals surface area contributed by atoms with Gasteiger partial charge in [-0.2, -0.15) is 0 Å². The van der Waals surface area contributed by atoms with Gasteiger partial charge in [-0.25, -0.2) is 9.98 Å². The Labute approximate surface area is 209 Å². The number of rotatable bonds is 9. The Bertz CT molecular complexity index is 871. The van der Waals surface area contributed by atoms with Gasteiger partial charge in [-0.1, -0.05) is 6.07 Å². The summed E-state index contributed by atoms with van der Waals surface area (Å²) < 4.78 is 10.8. The van der Waals surface area contributed by atoms with Gasteiger partial charge in [-0.3, -0.25) is 0 Å². The molecule has 0 radical (unpaired) electrons. The Balaban J connectivity index is 0.00000363. The van der Waals surface area contributed by atoms with Crippen LogP contribution >= 0.6 is 24.0 Å². The van der Waals surface area contributed by atoms with Crippen molar-refractivity contribution in [3.05, 3.63) is 47.7 Å². The van der Waals surface area contributed by atoms with Crippen molar-refractivity contribution in [3.63, 3.8) is 0 Å². The van der Waals surface area contributed by atoms with Gasteiger partial charge in [0.25, 0.3) is 0 Å². The first-order valence-corrected chi connectivity index (χ1v) is 11.0. The second kappa shape index (κ2) is 13.3. The Kier molecular flexibility index (Phi) is 10.9. The maximum atomic E-state index is 5.42. The molecule has 32 heavy (non-hydrogen) atoms. The van der Waals surface area contributed by atoms with E-state index in [1.165, 1.54) is 24.0 Å². The molecule has 2 aromatic rings. The molecular weight excluding hydrogens is 517 g/mol. The maximum Gasteiger partial charge on any atom is 0.193 e. The molecule has 0 aliphatic carbocycles. The fraction of sp³-hybridized carbons (Fsp3) is 0.500. The standard InChI is InChI=1S/C24H35N5O2.HI/c1-5-25-24(27-18-20-10-12-26-23(17-20)29-13-6-7-14-29)28(2)15-11-19-8-9-21(30-3)22(16-19)31-4;/h8-10,12,16-17H,5-7,11,13-15,18H2,1-4H3,(H,25,27);1H. The molecule has 1 aromatic carbocycles. The van der Waals surface area contributed by atoms with Gasteiger partial charge >= 0.3 is 0 Å². The lowest BCUT2D eigenvalue weighted by Crippen LogP contribution is -2.39. The predicted molar refractivity (Wildman–Crippen MR) is 142 cm³/mol. The largest absolute Gasteiger partial charge is 0.493 e. The number of hydrogen-bond donors (Lipinski definition) is 1. The molecule has 1 aliphatic heterocycles. The summed E-state index contributed by atoms with van der Waals surface area (Å²) in [4.78, 5) is 13.9. The summed E-state index contributed by atoms with van der Waals surface area (Å²) in [5, 5.41) is 3.40. The van der Waals surface area contributed by atoms with Crippen LogP contribution in [-0.4, -0.2) is 63.3 Å². The van der Waals surface area contributed by atoms with Crippen LogP contribution in [0.1, 0.15) is 30.9 Å². The molecular formula is C24H36IN5O2. The van der Waals surface area contributed by atoms with E-state index in [1.807, 2.05) is 18.3 Å². The summed E-state index contributed by atoms with van der Waals surface area (Å²) in [7, 11) is 5.39. The van der Waals surface area contributed by atoms with Gasteiger partial charge in [0.1, 0.15) is 5.82 Å². The number of aliphatic imine (C=N–C) groups is 1. The molecule has 0 saturated carbocycles. The Morgan fingerprint density at radius 1 is 1.09 bits per heavy atom. The number of nitrogens with zero attached hydrogens (tertiary/aromatic N) is 4. The number of hydrogen-bond acceptors (Lipinski definition) is 5. The zero-order valence-electron chi connectivity index (χ0n) is 19.6. The summed E-state index contributed by atoms with van der Waals surface area (Å²) in [6.07, 6.45) is 5.28. The van der Waals surface area contributed by atoms with Crippen molar-refractivity contribution in [3.8, 4) is 11.5 Å². The maximum absolute atomic E-state index is 5.42. The highest BCUT2D eigenvalue weighted by atomic mass is 127. The molecule has 1 N–H and O–H groups in total. The fourth-order valence-electron chi connectivity index (χ4n) is 3.75. The minimum absolute atomic E-state index is 0. The van der Waals surface area contributed by atoms with Crippen LogP contribution in [0.25, 0.3) is 0 Å². The average Bonchev–Trinajstić information content (AvgIpc) is 3.35. The number of nitrogens with one attached hydrogen (secondary N) is 1. The second-order valence-electron chi connectivity index (χ2n) is 7.75. The first-order chi connectivity index (χ1) is 15.1. The lowest BCUT2D eigenvalue weighted by Gasteiger charge is -2.22. The molecule has 3 rings (SSSR count). The van der Waals surface area contributed by atoms with Crippen molar-refractivity contribution in [2.75, 3.05) is 52.3 Å². The number of pyridine rings is 1. The minimum Gasteiger partial charge on any atom is -0.493 e. The van der Waals surface area contributed by atoms with Crippen molar-refractivity contribution in [2.45, 2.75) is 32.7 Å². The highest BCUT2D eigenvalue weighted by Crippen LogP contribution is 2.27. The average molecular weight is 553 g/mol. The number of ether oxygens (including phenoxy) is 2. The molecule has 1 aliphatic rings. The van der Waals surface area contributed by atoms with E-state index in [1.54, 1.807) is 14.2 Å². The smallest absolute Gasteiger partial charge is 0.193 e. The molecule has 0 unspecified atom stereocenters.